The van der Waals surface area contributed by atoms with Gasteiger partial charge in [-0.25, -0.2) is 4.98 Å². The molecule has 0 fully saturated rings. The summed E-state index contributed by atoms with van der Waals surface area (Å²) >= 11 is 0. The fraction of sp³-hybridized carbons (Fsp3) is 0.0769. The van der Waals surface area contributed by atoms with Crippen LogP contribution in [0.5, 0.6) is 11.6 Å². The molecule has 0 atom stereocenters. The van der Waals surface area contributed by atoms with Crippen LogP contribution in [0.4, 0.5) is 0 Å². The summed E-state index contributed by atoms with van der Waals surface area (Å²) in [6, 6.07) is 10.5. The van der Waals surface area contributed by atoms with E-state index in [1.165, 1.54) is 6.20 Å². The van der Waals surface area contributed by atoms with Crippen molar-refractivity contribution >= 4 is 12.6 Å². The Kier molecular flexibility index (Phi) is 2.92. The zero-order chi connectivity index (χ0) is 13.2. The fourth-order valence-electron chi connectivity index (χ4n) is 1.93. The van der Waals surface area contributed by atoms with Gasteiger partial charge < -0.3 is 14.4 Å². The smallest absolute Gasteiger partial charge is 0.439 e. The summed E-state index contributed by atoms with van der Waals surface area (Å²) in [5, 5.41) is 18.3. The highest BCUT2D eigenvalue weighted by Gasteiger charge is 2.27. The number of hydrogen-bond acceptors (Lipinski definition) is 5. The second-order valence-electron chi connectivity index (χ2n) is 4.12. The predicted molar refractivity (Wildman–Crippen MR) is 67.9 cm³/mol. The molecule has 2 heterocycles. The van der Waals surface area contributed by atoms with Crippen molar-refractivity contribution in [1.82, 2.24) is 4.98 Å². The van der Waals surface area contributed by atoms with E-state index in [9.17, 15) is 5.02 Å². The van der Waals surface area contributed by atoms with Gasteiger partial charge in [-0.05, 0) is 29.2 Å². The summed E-state index contributed by atoms with van der Waals surface area (Å²) in [6.07, 6.45) is 1.52. The minimum absolute atomic E-state index is 0.360. The van der Waals surface area contributed by atoms with Crippen molar-refractivity contribution in [3.63, 3.8) is 0 Å². The molecule has 0 aliphatic carbocycles. The SMILES string of the molecule is N#Cc1ccnc(Oc2ccc3c(c2)COB3O)c1. The Hall–Kier alpha value is -2.36. The molecule has 1 aliphatic rings. The quantitative estimate of drug-likeness (QED) is 0.805. The van der Waals surface area contributed by atoms with E-state index in [1.54, 1.807) is 30.3 Å². The van der Waals surface area contributed by atoms with Gasteiger partial charge in [-0.2, -0.15) is 5.26 Å². The maximum absolute atomic E-state index is 9.52. The lowest BCUT2D eigenvalue weighted by Crippen LogP contribution is -2.27. The van der Waals surface area contributed by atoms with Gasteiger partial charge in [-0.3, -0.25) is 0 Å². The van der Waals surface area contributed by atoms with Crippen LogP contribution in [0.1, 0.15) is 11.1 Å². The highest BCUT2D eigenvalue weighted by atomic mass is 16.5. The van der Waals surface area contributed by atoms with Gasteiger partial charge in [-0.15, -0.1) is 0 Å². The van der Waals surface area contributed by atoms with Crippen LogP contribution in [0.3, 0.4) is 0 Å². The molecule has 6 heteroatoms. The minimum Gasteiger partial charge on any atom is -0.439 e. The lowest BCUT2D eigenvalue weighted by Gasteiger charge is -2.06. The van der Waals surface area contributed by atoms with Crippen LogP contribution in [-0.4, -0.2) is 17.1 Å². The minimum atomic E-state index is -0.857. The van der Waals surface area contributed by atoms with Gasteiger partial charge in [0.1, 0.15) is 5.75 Å². The van der Waals surface area contributed by atoms with Crippen molar-refractivity contribution in [1.29, 1.82) is 5.26 Å². The largest absolute Gasteiger partial charge is 0.491 e. The summed E-state index contributed by atoms with van der Waals surface area (Å²) in [5.74, 6) is 0.956. The Morgan fingerprint density at radius 1 is 1.37 bits per heavy atom. The Balaban J connectivity index is 1.86. The Bertz CT molecular complexity index is 669. The summed E-state index contributed by atoms with van der Waals surface area (Å²) in [7, 11) is -0.857. The first-order valence-corrected chi connectivity index (χ1v) is 5.73. The van der Waals surface area contributed by atoms with Crippen molar-refractivity contribution in [2.24, 2.45) is 0 Å². The number of pyridine rings is 1. The maximum Gasteiger partial charge on any atom is 0.491 e. The Labute approximate surface area is 110 Å². The van der Waals surface area contributed by atoms with Crippen molar-refractivity contribution in [2.75, 3.05) is 0 Å². The summed E-state index contributed by atoms with van der Waals surface area (Å²) in [6.45, 7) is 0.360. The van der Waals surface area contributed by atoms with Crippen molar-refractivity contribution in [3.05, 3.63) is 47.7 Å². The number of benzene rings is 1. The number of hydrogen-bond donors (Lipinski definition) is 1. The van der Waals surface area contributed by atoms with Gasteiger partial charge in [0.2, 0.25) is 5.88 Å². The highest BCUT2D eigenvalue weighted by Crippen LogP contribution is 2.22. The van der Waals surface area contributed by atoms with Crippen LogP contribution in [0, 0.1) is 11.3 Å². The van der Waals surface area contributed by atoms with Crippen LogP contribution < -0.4 is 10.2 Å². The number of rotatable bonds is 2. The molecule has 3 rings (SSSR count). The number of ether oxygens (including phenoxy) is 1. The molecule has 19 heavy (non-hydrogen) atoms. The normalized spacial score (nSPS) is 12.9. The standard InChI is InChI=1S/C13H9BN2O3/c15-7-9-3-4-16-13(5-9)19-11-1-2-12-10(6-11)8-18-14(12)17/h1-6,17H,8H2. The first-order chi connectivity index (χ1) is 9.26. The molecule has 0 unspecified atom stereocenters. The maximum atomic E-state index is 9.52. The van der Waals surface area contributed by atoms with E-state index in [2.05, 4.69) is 4.98 Å². The first-order valence-electron chi connectivity index (χ1n) is 5.73. The van der Waals surface area contributed by atoms with Gasteiger partial charge >= 0.3 is 7.12 Å². The van der Waals surface area contributed by atoms with Gasteiger partial charge in [0, 0.05) is 12.3 Å². The average molecular weight is 252 g/mol. The highest BCUT2D eigenvalue weighted by molar-refractivity contribution is 6.61. The zero-order valence-corrected chi connectivity index (χ0v) is 9.91. The van der Waals surface area contributed by atoms with E-state index in [0.717, 1.165) is 11.0 Å². The summed E-state index contributed by atoms with van der Waals surface area (Å²) in [5.41, 5.74) is 2.14. The lowest BCUT2D eigenvalue weighted by atomic mass is 9.80. The molecule has 1 N–H and O–H groups in total. The van der Waals surface area contributed by atoms with E-state index in [1.807, 2.05) is 6.07 Å². The van der Waals surface area contributed by atoms with Crippen LogP contribution in [0.15, 0.2) is 36.5 Å². The second kappa shape index (κ2) is 4.73. The molecule has 2 aromatic rings. The number of fused-ring (bicyclic) bond motifs is 1. The number of aromatic nitrogens is 1. The monoisotopic (exact) mass is 252 g/mol. The van der Waals surface area contributed by atoms with E-state index in [0.29, 0.717) is 23.8 Å². The Morgan fingerprint density at radius 3 is 3.11 bits per heavy atom. The average Bonchev–Trinajstić information content (AvgIpc) is 2.80. The third-order valence-electron chi connectivity index (χ3n) is 2.86. The van der Waals surface area contributed by atoms with Crippen molar-refractivity contribution in [3.8, 4) is 17.7 Å². The predicted octanol–water partition coefficient (Wildman–Crippen LogP) is 0.963. The van der Waals surface area contributed by atoms with Gasteiger partial charge in [0.05, 0.1) is 18.2 Å². The molecule has 0 saturated carbocycles. The number of nitriles is 1. The molecule has 1 aromatic heterocycles. The summed E-state index contributed by atoms with van der Waals surface area (Å²) < 4.78 is 10.7. The van der Waals surface area contributed by atoms with Gasteiger partial charge in [0.15, 0.2) is 0 Å². The van der Waals surface area contributed by atoms with E-state index in [-0.39, 0.29) is 0 Å². The van der Waals surface area contributed by atoms with Crippen LogP contribution >= 0.6 is 0 Å². The van der Waals surface area contributed by atoms with Crippen LogP contribution in [0.2, 0.25) is 0 Å². The molecular formula is C13H9BN2O3. The molecule has 92 valence electrons. The third-order valence-corrected chi connectivity index (χ3v) is 2.86. The van der Waals surface area contributed by atoms with E-state index in [4.69, 9.17) is 14.7 Å². The molecule has 5 nitrogen and oxygen atoms in total. The van der Waals surface area contributed by atoms with Gasteiger partial charge in [-0.1, -0.05) is 6.07 Å². The third kappa shape index (κ3) is 2.29. The Morgan fingerprint density at radius 2 is 2.26 bits per heavy atom. The summed E-state index contributed by atoms with van der Waals surface area (Å²) in [4.78, 5) is 4.04. The first kappa shape index (κ1) is 11.7. The van der Waals surface area contributed by atoms with Crippen LogP contribution in [0.25, 0.3) is 0 Å². The second-order valence-corrected chi connectivity index (χ2v) is 4.12. The van der Waals surface area contributed by atoms with E-state index < -0.39 is 7.12 Å². The zero-order valence-electron chi connectivity index (χ0n) is 9.91. The van der Waals surface area contributed by atoms with Crippen molar-refractivity contribution in [2.45, 2.75) is 6.61 Å². The van der Waals surface area contributed by atoms with Gasteiger partial charge in [0.25, 0.3) is 0 Å². The van der Waals surface area contributed by atoms with E-state index >= 15 is 0 Å². The molecule has 0 spiro atoms. The topological polar surface area (TPSA) is 75.4 Å². The molecule has 0 radical (unpaired) electrons. The molecular weight excluding hydrogens is 243 g/mol. The van der Waals surface area contributed by atoms with Crippen LogP contribution in [-0.2, 0) is 11.3 Å². The fourth-order valence-corrected chi connectivity index (χ4v) is 1.93. The number of nitrogens with zero attached hydrogens (tertiary/aromatic N) is 2. The molecule has 0 saturated heterocycles. The lowest BCUT2D eigenvalue weighted by molar-refractivity contribution is 0.275. The molecule has 1 aliphatic heterocycles. The molecule has 0 amide bonds. The molecule has 1 aromatic carbocycles. The molecule has 0 bridgehead atoms. The van der Waals surface area contributed by atoms with Crippen molar-refractivity contribution < 1.29 is 14.4 Å².